The molecule has 3 fully saturated rings. The molecular weight excluding hydrogens is 442 g/mol. The Bertz CT molecular complexity index is 1010. The SMILES string of the molecule is COCCN1C(=O)N(Cc2ccccc2)C2(CCN(CC3CNNC3c3ccccc3)CC2)C1=O. The molecule has 0 aromatic heterocycles. The Morgan fingerprint density at radius 1 is 1.00 bits per heavy atom. The molecule has 0 bridgehead atoms. The predicted octanol–water partition coefficient (Wildman–Crippen LogP) is 2.40. The largest absolute Gasteiger partial charge is 0.383 e. The minimum atomic E-state index is -0.776. The summed E-state index contributed by atoms with van der Waals surface area (Å²) in [5, 5.41) is 0. The van der Waals surface area contributed by atoms with Crippen molar-refractivity contribution in [3.63, 3.8) is 0 Å². The molecule has 2 atom stereocenters. The van der Waals surface area contributed by atoms with Crippen LogP contribution in [0.2, 0.25) is 0 Å². The number of amides is 3. The predicted molar refractivity (Wildman–Crippen MR) is 133 cm³/mol. The molecule has 3 saturated heterocycles. The number of likely N-dealkylation sites (tertiary alicyclic amines) is 1. The normalized spacial score (nSPS) is 24.6. The summed E-state index contributed by atoms with van der Waals surface area (Å²) in [4.78, 5) is 32.7. The summed E-state index contributed by atoms with van der Waals surface area (Å²) in [6, 6.07) is 20.6. The van der Waals surface area contributed by atoms with Crippen LogP contribution in [0, 0.1) is 5.92 Å². The van der Waals surface area contributed by atoms with Gasteiger partial charge in [0.15, 0.2) is 0 Å². The first-order chi connectivity index (χ1) is 17.1. The van der Waals surface area contributed by atoms with E-state index in [4.69, 9.17) is 4.74 Å². The highest BCUT2D eigenvalue weighted by Gasteiger charge is 2.57. The zero-order chi connectivity index (χ0) is 24.3. The summed E-state index contributed by atoms with van der Waals surface area (Å²) in [6.45, 7) is 4.53. The highest BCUT2D eigenvalue weighted by atomic mass is 16.5. The number of hydrazine groups is 1. The van der Waals surface area contributed by atoms with Crippen LogP contribution in [-0.4, -0.2) is 78.6 Å². The maximum absolute atomic E-state index is 13.7. The zero-order valence-electron chi connectivity index (χ0n) is 20.4. The second kappa shape index (κ2) is 10.5. The van der Waals surface area contributed by atoms with Crippen molar-refractivity contribution in [2.24, 2.45) is 5.92 Å². The van der Waals surface area contributed by atoms with Crippen LogP contribution in [0.1, 0.15) is 30.0 Å². The Hall–Kier alpha value is -2.78. The average Bonchev–Trinajstić information content (AvgIpc) is 3.43. The van der Waals surface area contributed by atoms with Gasteiger partial charge >= 0.3 is 6.03 Å². The quantitative estimate of drug-likeness (QED) is 0.569. The second-order valence-electron chi connectivity index (χ2n) is 9.81. The molecule has 2 aromatic carbocycles. The Morgan fingerprint density at radius 3 is 2.37 bits per heavy atom. The van der Waals surface area contributed by atoms with Gasteiger partial charge in [0.2, 0.25) is 0 Å². The third kappa shape index (κ3) is 4.71. The molecule has 2 N–H and O–H groups in total. The molecule has 2 aromatic rings. The molecule has 5 rings (SSSR count). The van der Waals surface area contributed by atoms with Crippen molar-refractivity contribution >= 4 is 11.9 Å². The minimum absolute atomic E-state index is 0.0681. The Balaban J connectivity index is 1.30. The molecule has 8 nitrogen and oxygen atoms in total. The topological polar surface area (TPSA) is 77.2 Å². The molecule has 3 aliphatic rings. The molecule has 3 aliphatic heterocycles. The van der Waals surface area contributed by atoms with Crippen molar-refractivity contribution in [2.75, 3.05) is 46.4 Å². The first-order valence-corrected chi connectivity index (χ1v) is 12.5. The lowest BCUT2D eigenvalue weighted by Crippen LogP contribution is -2.56. The van der Waals surface area contributed by atoms with E-state index in [1.165, 1.54) is 10.5 Å². The van der Waals surface area contributed by atoms with Crippen molar-refractivity contribution < 1.29 is 14.3 Å². The van der Waals surface area contributed by atoms with E-state index in [1.54, 1.807) is 7.11 Å². The van der Waals surface area contributed by atoms with Gasteiger partial charge in [-0.15, -0.1) is 0 Å². The lowest BCUT2D eigenvalue weighted by atomic mass is 9.84. The maximum atomic E-state index is 13.7. The Morgan fingerprint density at radius 2 is 1.69 bits per heavy atom. The zero-order valence-corrected chi connectivity index (χ0v) is 20.4. The first-order valence-electron chi connectivity index (χ1n) is 12.5. The fourth-order valence-electron chi connectivity index (χ4n) is 5.79. The van der Waals surface area contributed by atoms with Crippen LogP contribution >= 0.6 is 0 Å². The van der Waals surface area contributed by atoms with E-state index in [2.05, 4.69) is 40.0 Å². The van der Waals surface area contributed by atoms with Gasteiger partial charge in [-0.1, -0.05) is 60.7 Å². The van der Waals surface area contributed by atoms with E-state index in [0.29, 0.717) is 38.5 Å². The third-order valence-corrected chi connectivity index (χ3v) is 7.75. The first kappa shape index (κ1) is 23.9. The molecule has 0 aliphatic carbocycles. The number of nitrogens with zero attached hydrogens (tertiary/aromatic N) is 3. The lowest BCUT2D eigenvalue weighted by Gasteiger charge is -2.43. The summed E-state index contributed by atoms with van der Waals surface area (Å²) in [7, 11) is 1.59. The molecule has 35 heavy (non-hydrogen) atoms. The monoisotopic (exact) mass is 477 g/mol. The standard InChI is InChI=1S/C27H35N5O3/c1-35-17-16-31-25(33)27(32(26(31)34)19-21-8-4-2-5-9-21)12-14-30(15-13-27)20-23-18-28-29-24(23)22-10-6-3-7-11-22/h2-11,23-24,28-29H,12-20H2,1H3. The molecule has 2 unspecified atom stereocenters. The van der Waals surface area contributed by atoms with E-state index in [9.17, 15) is 9.59 Å². The summed E-state index contributed by atoms with van der Waals surface area (Å²) in [5.41, 5.74) is 8.31. The van der Waals surface area contributed by atoms with Crippen LogP contribution < -0.4 is 10.9 Å². The van der Waals surface area contributed by atoms with Crippen LogP contribution in [0.5, 0.6) is 0 Å². The summed E-state index contributed by atoms with van der Waals surface area (Å²) >= 11 is 0. The number of urea groups is 1. The van der Waals surface area contributed by atoms with Gasteiger partial charge in [0, 0.05) is 45.8 Å². The van der Waals surface area contributed by atoms with Gasteiger partial charge in [-0.25, -0.2) is 10.2 Å². The number of benzene rings is 2. The van der Waals surface area contributed by atoms with Crippen molar-refractivity contribution in [1.82, 2.24) is 25.6 Å². The second-order valence-corrected chi connectivity index (χ2v) is 9.81. The van der Waals surface area contributed by atoms with Crippen LogP contribution in [0.15, 0.2) is 60.7 Å². The molecule has 3 amide bonds. The summed E-state index contributed by atoms with van der Waals surface area (Å²) in [5.74, 6) is 0.368. The fourth-order valence-corrected chi connectivity index (χ4v) is 5.79. The molecule has 0 radical (unpaired) electrons. The fraction of sp³-hybridized carbons (Fsp3) is 0.481. The maximum Gasteiger partial charge on any atom is 0.328 e. The molecular formula is C27H35N5O3. The van der Waals surface area contributed by atoms with Gasteiger partial charge in [-0.2, -0.15) is 0 Å². The van der Waals surface area contributed by atoms with Gasteiger partial charge in [-0.3, -0.25) is 15.1 Å². The van der Waals surface area contributed by atoms with Crippen molar-refractivity contribution in [2.45, 2.75) is 31.0 Å². The van der Waals surface area contributed by atoms with E-state index in [-0.39, 0.29) is 18.0 Å². The number of hydrogen-bond donors (Lipinski definition) is 2. The van der Waals surface area contributed by atoms with Crippen molar-refractivity contribution in [3.8, 4) is 0 Å². The molecule has 3 heterocycles. The van der Waals surface area contributed by atoms with Crippen molar-refractivity contribution in [3.05, 3.63) is 71.8 Å². The molecule has 8 heteroatoms. The van der Waals surface area contributed by atoms with Crippen LogP contribution in [-0.2, 0) is 16.1 Å². The van der Waals surface area contributed by atoms with Gasteiger partial charge < -0.3 is 14.5 Å². The van der Waals surface area contributed by atoms with Crippen LogP contribution in [0.25, 0.3) is 0 Å². The average molecular weight is 478 g/mol. The van der Waals surface area contributed by atoms with E-state index in [0.717, 1.165) is 31.7 Å². The summed E-state index contributed by atoms with van der Waals surface area (Å²) < 4.78 is 5.18. The number of piperidine rings is 1. The van der Waals surface area contributed by atoms with E-state index in [1.807, 2.05) is 41.3 Å². The number of hydrogen-bond acceptors (Lipinski definition) is 6. The number of nitrogens with one attached hydrogen (secondary N) is 2. The van der Waals surface area contributed by atoms with Gasteiger partial charge in [0.05, 0.1) is 19.2 Å². The number of rotatable bonds is 8. The highest BCUT2D eigenvalue weighted by molar-refractivity contribution is 6.07. The Kier molecular flexibility index (Phi) is 7.15. The van der Waals surface area contributed by atoms with Crippen LogP contribution in [0.4, 0.5) is 4.79 Å². The third-order valence-electron chi connectivity index (χ3n) is 7.75. The number of carbonyl (C=O) groups excluding carboxylic acids is 2. The van der Waals surface area contributed by atoms with Gasteiger partial charge in [0.25, 0.3) is 5.91 Å². The number of ether oxygens (including phenoxy) is 1. The number of imide groups is 1. The highest BCUT2D eigenvalue weighted by Crippen LogP contribution is 2.39. The van der Waals surface area contributed by atoms with Gasteiger partial charge in [-0.05, 0) is 24.0 Å². The molecule has 0 saturated carbocycles. The van der Waals surface area contributed by atoms with Crippen molar-refractivity contribution in [1.29, 1.82) is 0 Å². The Labute approximate surface area is 207 Å². The summed E-state index contributed by atoms with van der Waals surface area (Å²) in [6.07, 6.45) is 1.30. The lowest BCUT2D eigenvalue weighted by molar-refractivity contribution is -0.136. The number of carbonyl (C=O) groups is 2. The van der Waals surface area contributed by atoms with Crippen LogP contribution in [0.3, 0.4) is 0 Å². The smallest absolute Gasteiger partial charge is 0.328 e. The van der Waals surface area contributed by atoms with E-state index >= 15 is 0 Å². The minimum Gasteiger partial charge on any atom is -0.383 e. The number of methoxy groups -OCH3 is 1. The molecule has 1 spiro atoms. The van der Waals surface area contributed by atoms with Gasteiger partial charge in [0.1, 0.15) is 5.54 Å². The molecule has 186 valence electrons. The van der Waals surface area contributed by atoms with E-state index < -0.39 is 5.54 Å².